The van der Waals surface area contributed by atoms with E-state index in [1.807, 2.05) is 0 Å². The predicted molar refractivity (Wildman–Crippen MR) is 67.8 cm³/mol. The number of nitrogens with one attached hydrogen (secondary N) is 2. The average Bonchev–Trinajstić information content (AvgIpc) is 2.92. The van der Waals surface area contributed by atoms with E-state index < -0.39 is 0 Å². The number of hydrogen-bond acceptors (Lipinski definition) is 1. The molecule has 0 aromatic rings. The Kier molecular flexibility index (Phi) is 3.26. The Morgan fingerprint density at radius 1 is 0.882 bits per heavy atom. The molecular formula is C14H24N2O. The molecule has 3 fully saturated rings. The zero-order valence-electron chi connectivity index (χ0n) is 10.6. The van der Waals surface area contributed by atoms with E-state index in [-0.39, 0.29) is 6.03 Å². The smallest absolute Gasteiger partial charge is 0.315 e. The van der Waals surface area contributed by atoms with Crippen molar-refractivity contribution in [2.45, 2.75) is 69.9 Å². The standard InChI is InChI=1S/C14H24N2O/c17-14(15-12-4-2-1-3-5-12)16-13-9-10-6-7-11(13)8-10/h10-13H,1-9H2,(H2,15,16,17)/t10-,11-,13+/m0/s1. The average molecular weight is 236 g/mol. The van der Waals surface area contributed by atoms with Gasteiger partial charge < -0.3 is 10.6 Å². The van der Waals surface area contributed by atoms with Crippen LogP contribution in [0.2, 0.25) is 0 Å². The van der Waals surface area contributed by atoms with Gasteiger partial charge in [-0.3, -0.25) is 0 Å². The first-order valence-corrected chi connectivity index (χ1v) is 7.38. The fourth-order valence-electron chi connectivity index (χ4n) is 4.06. The second-order valence-corrected chi connectivity index (χ2v) is 6.23. The molecule has 3 aliphatic rings. The third-order valence-electron chi connectivity index (χ3n) is 4.99. The van der Waals surface area contributed by atoms with Crippen LogP contribution in [-0.2, 0) is 0 Å². The van der Waals surface area contributed by atoms with Gasteiger partial charge in [0.25, 0.3) is 0 Å². The molecule has 2 N–H and O–H groups in total. The molecule has 3 heteroatoms. The molecule has 0 spiro atoms. The van der Waals surface area contributed by atoms with Crippen LogP contribution >= 0.6 is 0 Å². The van der Waals surface area contributed by atoms with Crippen LogP contribution in [0.25, 0.3) is 0 Å². The maximum Gasteiger partial charge on any atom is 0.315 e. The second-order valence-electron chi connectivity index (χ2n) is 6.23. The maximum absolute atomic E-state index is 11.9. The van der Waals surface area contributed by atoms with Gasteiger partial charge in [0, 0.05) is 12.1 Å². The molecule has 0 aromatic heterocycles. The first kappa shape index (κ1) is 11.4. The van der Waals surface area contributed by atoms with E-state index in [1.165, 1.54) is 57.8 Å². The summed E-state index contributed by atoms with van der Waals surface area (Å²) >= 11 is 0. The van der Waals surface area contributed by atoms with Crippen LogP contribution < -0.4 is 10.6 Å². The molecule has 0 unspecified atom stereocenters. The Hall–Kier alpha value is -0.730. The summed E-state index contributed by atoms with van der Waals surface area (Å²) in [7, 11) is 0. The molecule has 3 atom stereocenters. The van der Waals surface area contributed by atoms with Gasteiger partial charge in [-0.15, -0.1) is 0 Å². The van der Waals surface area contributed by atoms with Crippen LogP contribution in [0.1, 0.15) is 57.8 Å². The van der Waals surface area contributed by atoms with Crippen molar-refractivity contribution in [2.24, 2.45) is 11.8 Å². The quantitative estimate of drug-likeness (QED) is 0.760. The molecule has 0 heterocycles. The number of hydrogen-bond donors (Lipinski definition) is 2. The number of carbonyl (C=O) groups is 1. The molecule has 0 aliphatic heterocycles. The topological polar surface area (TPSA) is 41.1 Å². The van der Waals surface area contributed by atoms with Crippen molar-refractivity contribution in [3.8, 4) is 0 Å². The minimum atomic E-state index is 0.0921. The number of carbonyl (C=O) groups excluding carboxylic acids is 1. The summed E-state index contributed by atoms with van der Waals surface area (Å²) in [6.45, 7) is 0. The monoisotopic (exact) mass is 236 g/mol. The molecule has 0 saturated heterocycles. The van der Waals surface area contributed by atoms with Crippen LogP contribution in [0.4, 0.5) is 4.79 Å². The van der Waals surface area contributed by atoms with Gasteiger partial charge >= 0.3 is 6.03 Å². The molecule has 2 amide bonds. The summed E-state index contributed by atoms with van der Waals surface area (Å²) < 4.78 is 0. The Labute approximate surface area is 104 Å². The third-order valence-corrected chi connectivity index (χ3v) is 4.99. The molecule has 3 saturated carbocycles. The second kappa shape index (κ2) is 4.87. The molecule has 96 valence electrons. The lowest BCUT2D eigenvalue weighted by atomic mass is 9.95. The van der Waals surface area contributed by atoms with Crippen molar-refractivity contribution >= 4 is 6.03 Å². The van der Waals surface area contributed by atoms with Gasteiger partial charge in [0.2, 0.25) is 0 Å². The molecule has 3 aliphatic carbocycles. The summed E-state index contributed by atoms with van der Waals surface area (Å²) in [5, 5.41) is 6.36. The van der Waals surface area contributed by atoms with Crippen LogP contribution in [-0.4, -0.2) is 18.1 Å². The van der Waals surface area contributed by atoms with Crippen molar-refractivity contribution in [3.05, 3.63) is 0 Å². The Morgan fingerprint density at radius 3 is 2.35 bits per heavy atom. The molecule has 17 heavy (non-hydrogen) atoms. The summed E-state index contributed by atoms with van der Waals surface area (Å²) in [6, 6.07) is 0.995. The molecular weight excluding hydrogens is 212 g/mol. The largest absolute Gasteiger partial charge is 0.335 e. The van der Waals surface area contributed by atoms with E-state index in [1.54, 1.807) is 0 Å². The van der Waals surface area contributed by atoms with Crippen molar-refractivity contribution in [2.75, 3.05) is 0 Å². The lowest BCUT2D eigenvalue weighted by Gasteiger charge is -2.26. The zero-order valence-corrected chi connectivity index (χ0v) is 10.6. The number of rotatable bonds is 2. The predicted octanol–water partition coefficient (Wildman–Crippen LogP) is 2.81. The number of urea groups is 1. The van der Waals surface area contributed by atoms with E-state index in [9.17, 15) is 4.79 Å². The molecule has 2 bridgehead atoms. The van der Waals surface area contributed by atoms with Gasteiger partial charge in [-0.25, -0.2) is 4.79 Å². The van der Waals surface area contributed by atoms with Gasteiger partial charge in [0.05, 0.1) is 0 Å². The summed E-state index contributed by atoms with van der Waals surface area (Å²) in [4.78, 5) is 11.9. The van der Waals surface area contributed by atoms with Crippen molar-refractivity contribution in [1.29, 1.82) is 0 Å². The molecule has 0 aromatic carbocycles. The van der Waals surface area contributed by atoms with Crippen LogP contribution in [0.5, 0.6) is 0 Å². The lowest BCUT2D eigenvalue weighted by Crippen LogP contribution is -2.48. The summed E-state index contributed by atoms with van der Waals surface area (Å²) in [5.74, 6) is 1.68. The van der Waals surface area contributed by atoms with Crippen LogP contribution in [0.3, 0.4) is 0 Å². The highest BCUT2D eigenvalue weighted by atomic mass is 16.2. The third kappa shape index (κ3) is 2.58. The van der Waals surface area contributed by atoms with Crippen molar-refractivity contribution in [3.63, 3.8) is 0 Å². The molecule has 3 rings (SSSR count). The fraction of sp³-hybridized carbons (Fsp3) is 0.929. The van der Waals surface area contributed by atoms with Gasteiger partial charge in [0.1, 0.15) is 0 Å². The van der Waals surface area contributed by atoms with E-state index in [2.05, 4.69) is 10.6 Å². The first-order valence-electron chi connectivity index (χ1n) is 7.38. The highest BCUT2D eigenvalue weighted by Gasteiger charge is 2.40. The molecule has 0 radical (unpaired) electrons. The Bertz CT molecular complexity index is 286. The van der Waals surface area contributed by atoms with Crippen molar-refractivity contribution in [1.82, 2.24) is 10.6 Å². The van der Waals surface area contributed by atoms with E-state index >= 15 is 0 Å². The van der Waals surface area contributed by atoms with E-state index in [4.69, 9.17) is 0 Å². The Balaban J connectivity index is 1.44. The van der Waals surface area contributed by atoms with Crippen LogP contribution in [0.15, 0.2) is 0 Å². The minimum Gasteiger partial charge on any atom is -0.335 e. The maximum atomic E-state index is 11.9. The Morgan fingerprint density at radius 2 is 1.71 bits per heavy atom. The van der Waals surface area contributed by atoms with Gasteiger partial charge in [-0.2, -0.15) is 0 Å². The highest BCUT2D eigenvalue weighted by molar-refractivity contribution is 5.74. The van der Waals surface area contributed by atoms with E-state index in [0.717, 1.165) is 11.8 Å². The number of fused-ring (bicyclic) bond motifs is 2. The first-order chi connectivity index (χ1) is 8.31. The molecule has 3 nitrogen and oxygen atoms in total. The van der Waals surface area contributed by atoms with Crippen LogP contribution in [0, 0.1) is 11.8 Å². The van der Waals surface area contributed by atoms with Crippen molar-refractivity contribution < 1.29 is 4.79 Å². The van der Waals surface area contributed by atoms with Gasteiger partial charge in [0.15, 0.2) is 0 Å². The zero-order chi connectivity index (χ0) is 11.7. The SMILES string of the molecule is O=C(NC1CCCCC1)N[C@@H]1C[C@H]2CC[C@H]1C2. The van der Waals surface area contributed by atoms with Gasteiger partial charge in [-0.05, 0) is 43.9 Å². The van der Waals surface area contributed by atoms with E-state index in [0.29, 0.717) is 12.1 Å². The summed E-state index contributed by atoms with van der Waals surface area (Å²) in [5.41, 5.74) is 0. The number of amides is 2. The minimum absolute atomic E-state index is 0.0921. The van der Waals surface area contributed by atoms with Gasteiger partial charge in [-0.1, -0.05) is 25.7 Å². The highest BCUT2D eigenvalue weighted by Crippen LogP contribution is 2.44. The normalized spacial score (nSPS) is 37.1. The lowest BCUT2D eigenvalue weighted by molar-refractivity contribution is 0.223. The summed E-state index contributed by atoms with van der Waals surface area (Å²) in [6.07, 6.45) is 11.5. The fourth-order valence-corrected chi connectivity index (χ4v) is 4.06.